The quantitative estimate of drug-likeness (QED) is 0.652. The average Bonchev–Trinajstić information content (AvgIpc) is 2.99. The number of aryl methyl sites for hydroxylation is 2. The molecule has 8 heteroatoms. The molecular weight excluding hydrogens is 394 g/mol. The van der Waals surface area contributed by atoms with Crippen molar-refractivity contribution in [2.24, 2.45) is 14.1 Å². The molecule has 2 amide bonds. The minimum absolute atomic E-state index is 0.0909. The molecule has 1 aliphatic rings. The highest BCUT2D eigenvalue weighted by molar-refractivity contribution is 6.04. The normalized spacial score (nSPS) is 14.0. The Morgan fingerprint density at radius 2 is 1.61 bits per heavy atom. The third-order valence-corrected chi connectivity index (χ3v) is 5.77. The first-order valence-electron chi connectivity index (χ1n) is 10.7. The molecule has 0 spiro atoms. The summed E-state index contributed by atoms with van der Waals surface area (Å²) in [4.78, 5) is 27.6. The van der Waals surface area contributed by atoms with Crippen LogP contribution in [0.1, 0.15) is 26.2 Å². The van der Waals surface area contributed by atoms with Crippen LogP contribution in [0.4, 0.5) is 21.9 Å². The summed E-state index contributed by atoms with van der Waals surface area (Å²) in [5.41, 5.74) is 3.75. The minimum atomic E-state index is -0.356. The van der Waals surface area contributed by atoms with Gasteiger partial charge in [0.15, 0.2) is 0 Å². The van der Waals surface area contributed by atoms with Gasteiger partial charge in [0.1, 0.15) is 5.75 Å². The van der Waals surface area contributed by atoms with E-state index in [1.165, 1.54) is 6.42 Å². The monoisotopic (exact) mass is 423 g/mol. The first kappa shape index (κ1) is 20.8. The summed E-state index contributed by atoms with van der Waals surface area (Å²) in [6.07, 6.45) is 3.43. The molecular formula is C23H29N5O3. The Morgan fingerprint density at radius 1 is 0.968 bits per heavy atom. The Kier molecular flexibility index (Phi) is 5.88. The van der Waals surface area contributed by atoms with E-state index >= 15 is 0 Å². The molecule has 0 unspecified atom stereocenters. The number of benzene rings is 2. The predicted octanol–water partition coefficient (Wildman–Crippen LogP) is 3.91. The molecule has 3 aromatic rings. The third-order valence-electron chi connectivity index (χ3n) is 5.77. The largest absolute Gasteiger partial charge is 0.492 e. The third kappa shape index (κ3) is 4.10. The van der Waals surface area contributed by atoms with E-state index in [0.29, 0.717) is 23.7 Å². The number of hydrogen-bond donors (Lipinski definition) is 2. The van der Waals surface area contributed by atoms with Crippen molar-refractivity contribution in [2.45, 2.75) is 26.2 Å². The fourth-order valence-corrected chi connectivity index (χ4v) is 4.16. The highest BCUT2D eigenvalue weighted by atomic mass is 16.5. The van der Waals surface area contributed by atoms with Crippen LogP contribution in [0.5, 0.6) is 5.75 Å². The Balaban J connectivity index is 1.69. The van der Waals surface area contributed by atoms with Crippen LogP contribution in [0.2, 0.25) is 0 Å². The zero-order valence-corrected chi connectivity index (χ0v) is 18.3. The number of fused-ring (bicyclic) bond motifs is 1. The zero-order valence-electron chi connectivity index (χ0n) is 18.3. The van der Waals surface area contributed by atoms with Gasteiger partial charge in [-0.25, -0.2) is 9.59 Å². The average molecular weight is 424 g/mol. The Bertz CT molecular complexity index is 1160. The number of aromatic nitrogens is 2. The molecule has 2 heterocycles. The number of nitrogens with one attached hydrogen (secondary N) is 2. The van der Waals surface area contributed by atoms with E-state index in [1.54, 1.807) is 29.3 Å². The number of carbonyl (C=O) groups excluding carboxylic acids is 1. The maximum atomic E-state index is 12.9. The molecule has 1 fully saturated rings. The molecule has 4 rings (SSSR count). The van der Waals surface area contributed by atoms with Crippen molar-refractivity contribution in [1.29, 1.82) is 0 Å². The van der Waals surface area contributed by atoms with Gasteiger partial charge >= 0.3 is 11.7 Å². The molecule has 1 aliphatic heterocycles. The number of amides is 2. The molecule has 8 nitrogen and oxygen atoms in total. The number of carbonyl (C=O) groups is 1. The first-order chi connectivity index (χ1) is 15.0. The summed E-state index contributed by atoms with van der Waals surface area (Å²) in [5, 5.41) is 5.89. The fourth-order valence-electron chi connectivity index (χ4n) is 4.16. The van der Waals surface area contributed by atoms with Crippen molar-refractivity contribution >= 4 is 34.1 Å². The number of nitrogens with zero attached hydrogens (tertiary/aromatic N) is 3. The van der Waals surface area contributed by atoms with E-state index in [0.717, 1.165) is 42.7 Å². The highest BCUT2D eigenvalue weighted by Crippen LogP contribution is 2.33. The van der Waals surface area contributed by atoms with Crippen molar-refractivity contribution in [2.75, 3.05) is 35.2 Å². The van der Waals surface area contributed by atoms with Gasteiger partial charge in [-0.3, -0.25) is 9.13 Å². The van der Waals surface area contributed by atoms with Crippen LogP contribution in [-0.4, -0.2) is 34.9 Å². The second kappa shape index (κ2) is 8.75. The summed E-state index contributed by atoms with van der Waals surface area (Å²) in [7, 11) is 3.52. The van der Waals surface area contributed by atoms with Gasteiger partial charge in [-0.15, -0.1) is 0 Å². The lowest BCUT2D eigenvalue weighted by Crippen LogP contribution is -2.31. The van der Waals surface area contributed by atoms with Crippen LogP contribution in [0.3, 0.4) is 0 Å². The van der Waals surface area contributed by atoms with E-state index in [1.807, 2.05) is 37.3 Å². The molecule has 1 saturated heterocycles. The van der Waals surface area contributed by atoms with Gasteiger partial charge in [-0.2, -0.15) is 0 Å². The van der Waals surface area contributed by atoms with E-state index in [-0.39, 0.29) is 11.7 Å². The zero-order chi connectivity index (χ0) is 22.0. The lowest BCUT2D eigenvalue weighted by atomic mass is 10.1. The van der Waals surface area contributed by atoms with Gasteiger partial charge in [0, 0.05) is 27.2 Å². The van der Waals surface area contributed by atoms with Crippen molar-refractivity contribution in [3.8, 4) is 5.75 Å². The first-order valence-corrected chi connectivity index (χ1v) is 10.7. The van der Waals surface area contributed by atoms with E-state index < -0.39 is 0 Å². The number of para-hydroxylation sites is 2. The number of imidazole rings is 1. The summed E-state index contributed by atoms with van der Waals surface area (Å²) in [6.45, 7) is 4.27. The summed E-state index contributed by atoms with van der Waals surface area (Å²) in [5.74, 6) is 0.623. The van der Waals surface area contributed by atoms with Crippen LogP contribution < -0.4 is 26.0 Å². The van der Waals surface area contributed by atoms with Crippen LogP contribution in [-0.2, 0) is 14.1 Å². The molecule has 1 aromatic heterocycles. The molecule has 0 bridgehead atoms. The van der Waals surface area contributed by atoms with Crippen molar-refractivity contribution in [3.63, 3.8) is 0 Å². The summed E-state index contributed by atoms with van der Waals surface area (Å²) >= 11 is 0. The van der Waals surface area contributed by atoms with E-state index in [4.69, 9.17) is 4.74 Å². The van der Waals surface area contributed by atoms with Gasteiger partial charge < -0.3 is 20.3 Å². The molecule has 0 saturated carbocycles. The smallest absolute Gasteiger partial charge is 0.328 e. The van der Waals surface area contributed by atoms with Crippen LogP contribution in [0, 0.1) is 0 Å². The number of ether oxygens (including phenoxy) is 1. The van der Waals surface area contributed by atoms with Crippen LogP contribution in [0.25, 0.3) is 11.0 Å². The van der Waals surface area contributed by atoms with Crippen LogP contribution in [0.15, 0.2) is 41.2 Å². The molecule has 2 aromatic carbocycles. The van der Waals surface area contributed by atoms with Crippen molar-refractivity contribution in [1.82, 2.24) is 9.13 Å². The summed E-state index contributed by atoms with van der Waals surface area (Å²) < 4.78 is 8.85. The van der Waals surface area contributed by atoms with Gasteiger partial charge in [0.05, 0.1) is 34.7 Å². The Hall–Kier alpha value is -3.42. The topological polar surface area (TPSA) is 80.5 Å². The van der Waals surface area contributed by atoms with Crippen LogP contribution >= 0.6 is 0 Å². The molecule has 164 valence electrons. The minimum Gasteiger partial charge on any atom is -0.492 e. The number of urea groups is 1. The van der Waals surface area contributed by atoms with E-state index in [2.05, 4.69) is 15.5 Å². The second-order valence-electron chi connectivity index (χ2n) is 7.81. The van der Waals surface area contributed by atoms with E-state index in [9.17, 15) is 9.59 Å². The lowest BCUT2D eigenvalue weighted by molar-refractivity contribution is 0.262. The van der Waals surface area contributed by atoms with Gasteiger partial charge in [0.2, 0.25) is 0 Å². The highest BCUT2D eigenvalue weighted by Gasteiger charge is 2.20. The van der Waals surface area contributed by atoms with Gasteiger partial charge in [-0.05, 0) is 50.5 Å². The fraction of sp³-hybridized carbons (Fsp3) is 0.391. The Morgan fingerprint density at radius 3 is 2.32 bits per heavy atom. The predicted molar refractivity (Wildman–Crippen MR) is 124 cm³/mol. The number of piperidine rings is 1. The van der Waals surface area contributed by atoms with Gasteiger partial charge in [0.25, 0.3) is 0 Å². The number of rotatable bonds is 5. The number of anilines is 3. The SMILES string of the molecule is CCOc1ccccc1NC(=O)Nc1cc2c(cc1N1CCCCC1)n(C)c(=O)n2C. The van der Waals surface area contributed by atoms with Crippen molar-refractivity contribution in [3.05, 3.63) is 46.9 Å². The molecule has 2 N–H and O–H groups in total. The standard InChI is InChI=1S/C23H29N5O3/c1-4-31-21-11-7-6-10-16(21)24-22(29)25-17-14-19-20(27(3)23(30)26(19)2)15-18(17)28-12-8-5-9-13-28/h6-7,10-11,14-15H,4-5,8-9,12-13H2,1-3H3,(H2,24,25,29). The molecule has 0 aliphatic carbocycles. The van der Waals surface area contributed by atoms with Crippen molar-refractivity contribution < 1.29 is 9.53 Å². The maximum absolute atomic E-state index is 12.9. The lowest BCUT2D eigenvalue weighted by Gasteiger charge is -2.30. The number of hydrogen-bond acceptors (Lipinski definition) is 4. The second-order valence-corrected chi connectivity index (χ2v) is 7.81. The molecule has 0 atom stereocenters. The molecule has 0 radical (unpaired) electrons. The summed E-state index contributed by atoms with van der Waals surface area (Å²) in [6, 6.07) is 10.9. The molecule has 31 heavy (non-hydrogen) atoms. The Labute approximate surface area is 181 Å². The van der Waals surface area contributed by atoms with Gasteiger partial charge in [-0.1, -0.05) is 12.1 Å². The maximum Gasteiger partial charge on any atom is 0.328 e.